The van der Waals surface area contributed by atoms with Crippen molar-refractivity contribution < 1.29 is 9.53 Å². The summed E-state index contributed by atoms with van der Waals surface area (Å²) in [6.07, 6.45) is 1.11. The second kappa shape index (κ2) is 3.22. The maximum atomic E-state index is 11.2. The van der Waals surface area contributed by atoms with E-state index in [0.717, 1.165) is 6.42 Å². The minimum absolute atomic E-state index is 0.143. The van der Waals surface area contributed by atoms with E-state index in [1.165, 1.54) is 0 Å². The van der Waals surface area contributed by atoms with Crippen LogP contribution in [0.15, 0.2) is 0 Å². The zero-order valence-electron chi connectivity index (χ0n) is 7.33. The van der Waals surface area contributed by atoms with Crippen LogP contribution < -0.4 is 0 Å². The third-order valence-corrected chi connectivity index (χ3v) is 1.87. The normalized spacial score (nSPS) is 28.3. The molecule has 11 heavy (non-hydrogen) atoms. The standard InChI is InChI=1S/C8H15NO2/c1-4-11-7-5-6(7)8(10)9(2)3/h6-7H,4-5H2,1-3H3/t6-,7+/m1/s1. The molecule has 1 fully saturated rings. The van der Waals surface area contributed by atoms with Gasteiger partial charge in [-0.1, -0.05) is 0 Å². The summed E-state index contributed by atoms with van der Waals surface area (Å²) >= 11 is 0. The molecule has 0 N–H and O–H groups in total. The molecule has 3 heteroatoms. The molecule has 0 aromatic carbocycles. The number of amides is 1. The van der Waals surface area contributed by atoms with Crippen molar-refractivity contribution in [2.24, 2.45) is 5.92 Å². The summed E-state index contributed by atoms with van der Waals surface area (Å²) in [6.45, 7) is 2.66. The third-order valence-electron chi connectivity index (χ3n) is 1.87. The fourth-order valence-corrected chi connectivity index (χ4v) is 1.16. The summed E-state index contributed by atoms with van der Waals surface area (Å²) in [5.74, 6) is 0.341. The molecular formula is C8H15NO2. The summed E-state index contributed by atoms with van der Waals surface area (Å²) in [5.41, 5.74) is 0. The maximum Gasteiger partial charge on any atom is 0.227 e. The molecule has 0 radical (unpaired) electrons. The van der Waals surface area contributed by atoms with Gasteiger partial charge >= 0.3 is 0 Å². The molecule has 0 aliphatic heterocycles. The van der Waals surface area contributed by atoms with Gasteiger partial charge < -0.3 is 9.64 Å². The van der Waals surface area contributed by atoms with E-state index in [0.29, 0.717) is 6.61 Å². The highest BCUT2D eigenvalue weighted by molar-refractivity contribution is 5.81. The summed E-state index contributed by atoms with van der Waals surface area (Å²) in [5, 5.41) is 0. The monoisotopic (exact) mass is 157 g/mol. The van der Waals surface area contributed by atoms with Gasteiger partial charge in [0.25, 0.3) is 0 Å². The lowest BCUT2D eigenvalue weighted by atomic mass is 10.4. The topological polar surface area (TPSA) is 29.5 Å². The van der Waals surface area contributed by atoms with E-state index < -0.39 is 0 Å². The zero-order chi connectivity index (χ0) is 8.43. The van der Waals surface area contributed by atoms with Crippen molar-refractivity contribution in [3.05, 3.63) is 0 Å². The van der Waals surface area contributed by atoms with Crippen LogP contribution in [0.4, 0.5) is 0 Å². The first-order valence-electron chi connectivity index (χ1n) is 3.99. The predicted octanol–water partition coefficient (Wildman–Crippen LogP) is 0.500. The number of rotatable bonds is 3. The van der Waals surface area contributed by atoms with Gasteiger partial charge in [-0.3, -0.25) is 4.79 Å². The molecule has 3 nitrogen and oxygen atoms in total. The Kier molecular flexibility index (Phi) is 2.49. The lowest BCUT2D eigenvalue weighted by molar-refractivity contribution is -0.131. The van der Waals surface area contributed by atoms with Crippen LogP contribution in [-0.4, -0.2) is 37.6 Å². The van der Waals surface area contributed by atoms with Gasteiger partial charge in [0, 0.05) is 20.7 Å². The van der Waals surface area contributed by atoms with E-state index in [-0.39, 0.29) is 17.9 Å². The molecule has 1 aliphatic rings. The van der Waals surface area contributed by atoms with Gasteiger partial charge in [-0.05, 0) is 13.3 Å². The lowest BCUT2D eigenvalue weighted by Crippen LogP contribution is -2.24. The van der Waals surface area contributed by atoms with Crippen LogP contribution in [0.5, 0.6) is 0 Å². The highest BCUT2D eigenvalue weighted by Crippen LogP contribution is 2.34. The molecule has 0 saturated heterocycles. The fraction of sp³-hybridized carbons (Fsp3) is 0.875. The fourth-order valence-electron chi connectivity index (χ4n) is 1.16. The average Bonchev–Trinajstić information content (AvgIpc) is 2.67. The van der Waals surface area contributed by atoms with E-state index in [4.69, 9.17) is 4.74 Å². The molecule has 0 bridgehead atoms. The Morgan fingerprint density at radius 2 is 2.27 bits per heavy atom. The van der Waals surface area contributed by atoms with Crippen molar-refractivity contribution in [2.45, 2.75) is 19.4 Å². The van der Waals surface area contributed by atoms with Crippen LogP contribution in [0.25, 0.3) is 0 Å². The number of nitrogens with zero attached hydrogens (tertiary/aromatic N) is 1. The second-order valence-corrected chi connectivity index (χ2v) is 3.07. The maximum absolute atomic E-state index is 11.2. The van der Waals surface area contributed by atoms with E-state index in [9.17, 15) is 4.79 Å². The molecule has 1 rings (SSSR count). The number of hydrogen-bond acceptors (Lipinski definition) is 2. The summed E-state index contributed by atoms with van der Waals surface area (Å²) in [6, 6.07) is 0. The van der Waals surface area contributed by atoms with Crippen molar-refractivity contribution >= 4 is 5.91 Å². The first-order valence-corrected chi connectivity index (χ1v) is 3.99. The highest BCUT2D eigenvalue weighted by Gasteiger charge is 2.44. The van der Waals surface area contributed by atoms with Crippen LogP contribution in [0.2, 0.25) is 0 Å². The summed E-state index contributed by atoms with van der Waals surface area (Å²) in [7, 11) is 3.56. The minimum atomic E-state index is 0.143. The lowest BCUT2D eigenvalue weighted by Gasteiger charge is -2.08. The van der Waals surface area contributed by atoms with Gasteiger partial charge in [0.15, 0.2) is 0 Å². The molecule has 1 saturated carbocycles. The largest absolute Gasteiger partial charge is 0.378 e. The molecular weight excluding hydrogens is 142 g/mol. The Bertz CT molecular complexity index is 156. The summed E-state index contributed by atoms with van der Waals surface area (Å²) in [4.78, 5) is 12.9. The van der Waals surface area contributed by atoms with Crippen LogP contribution in [0, 0.1) is 5.92 Å². The van der Waals surface area contributed by atoms with Crippen LogP contribution in [0.1, 0.15) is 13.3 Å². The number of carbonyl (C=O) groups excluding carboxylic acids is 1. The number of ether oxygens (including phenoxy) is 1. The van der Waals surface area contributed by atoms with Crippen molar-refractivity contribution in [2.75, 3.05) is 20.7 Å². The first-order chi connectivity index (χ1) is 5.16. The number of carbonyl (C=O) groups is 1. The average molecular weight is 157 g/mol. The molecule has 0 spiro atoms. The molecule has 64 valence electrons. The van der Waals surface area contributed by atoms with E-state index in [1.807, 2.05) is 6.92 Å². The Hall–Kier alpha value is -0.570. The molecule has 0 unspecified atom stereocenters. The molecule has 2 atom stereocenters. The SMILES string of the molecule is CCO[C@H]1C[C@H]1C(=O)N(C)C. The molecule has 0 aromatic heterocycles. The molecule has 0 aromatic rings. The van der Waals surface area contributed by atoms with Crippen LogP contribution in [0.3, 0.4) is 0 Å². The highest BCUT2D eigenvalue weighted by atomic mass is 16.5. The molecule has 1 aliphatic carbocycles. The quantitative estimate of drug-likeness (QED) is 0.597. The third kappa shape index (κ3) is 1.93. The van der Waals surface area contributed by atoms with Crippen molar-refractivity contribution in [3.8, 4) is 0 Å². The second-order valence-electron chi connectivity index (χ2n) is 3.07. The smallest absolute Gasteiger partial charge is 0.227 e. The van der Waals surface area contributed by atoms with E-state index in [2.05, 4.69) is 0 Å². The van der Waals surface area contributed by atoms with E-state index in [1.54, 1.807) is 19.0 Å². The van der Waals surface area contributed by atoms with Crippen LogP contribution in [-0.2, 0) is 9.53 Å². The minimum Gasteiger partial charge on any atom is -0.378 e. The summed E-state index contributed by atoms with van der Waals surface area (Å²) < 4.78 is 5.29. The van der Waals surface area contributed by atoms with Gasteiger partial charge in [-0.2, -0.15) is 0 Å². The van der Waals surface area contributed by atoms with Gasteiger partial charge in [-0.15, -0.1) is 0 Å². The number of hydrogen-bond donors (Lipinski definition) is 0. The van der Waals surface area contributed by atoms with E-state index >= 15 is 0 Å². The zero-order valence-corrected chi connectivity index (χ0v) is 7.33. The van der Waals surface area contributed by atoms with Gasteiger partial charge in [0.05, 0.1) is 12.0 Å². The van der Waals surface area contributed by atoms with Crippen molar-refractivity contribution in [1.82, 2.24) is 4.90 Å². The van der Waals surface area contributed by atoms with Crippen LogP contribution >= 0.6 is 0 Å². The molecule has 1 amide bonds. The Morgan fingerprint density at radius 1 is 1.64 bits per heavy atom. The van der Waals surface area contributed by atoms with Crippen molar-refractivity contribution in [3.63, 3.8) is 0 Å². The van der Waals surface area contributed by atoms with Gasteiger partial charge in [0.1, 0.15) is 0 Å². The van der Waals surface area contributed by atoms with Gasteiger partial charge in [0.2, 0.25) is 5.91 Å². The Labute approximate surface area is 67.3 Å². The van der Waals surface area contributed by atoms with Gasteiger partial charge in [-0.25, -0.2) is 0 Å². The predicted molar refractivity (Wildman–Crippen MR) is 42.2 cm³/mol. The first kappa shape index (κ1) is 8.53. The molecule has 0 heterocycles. The van der Waals surface area contributed by atoms with Crippen molar-refractivity contribution in [1.29, 1.82) is 0 Å². The Balaban J connectivity index is 2.26. The Morgan fingerprint density at radius 3 is 2.73 bits per heavy atom.